The summed E-state index contributed by atoms with van der Waals surface area (Å²) >= 11 is 0. The summed E-state index contributed by atoms with van der Waals surface area (Å²) in [5.74, 6) is -1.70. The Morgan fingerprint density at radius 3 is 2.34 bits per heavy atom. The summed E-state index contributed by atoms with van der Waals surface area (Å²) in [5, 5.41) is 9.25. The molecule has 1 spiro atoms. The molecule has 8 nitrogen and oxygen atoms in total. The Labute approximate surface area is 229 Å². The lowest BCUT2D eigenvalue weighted by atomic mass is 9.70. The number of carbonyl (C=O) groups is 3. The smallest absolute Gasteiger partial charge is 0.249 e. The minimum absolute atomic E-state index is 0.0188. The minimum atomic E-state index is -1.01. The van der Waals surface area contributed by atoms with Crippen LogP contribution in [0.1, 0.15) is 73.1 Å². The van der Waals surface area contributed by atoms with Crippen molar-refractivity contribution in [1.29, 1.82) is 0 Å². The average Bonchev–Trinajstić information content (AvgIpc) is 3.45. The number of nitrogens with zero attached hydrogens (tertiary/aromatic N) is 3. The summed E-state index contributed by atoms with van der Waals surface area (Å²) in [4.78, 5) is 47.4. The van der Waals surface area contributed by atoms with Crippen molar-refractivity contribution in [3.63, 3.8) is 0 Å². The fourth-order valence-corrected chi connectivity index (χ4v) is 7.37. The number of hydrogen-bond acceptors (Lipinski definition) is 5. The number of unbranched alkanes of at least 4 members (excludes halogenated alkanes) is 2. The second-order valence-electron chi connectivity index (χ2n) is 13.2. The number of fused-ring (bicyclic) bond motifs is 1. The van der Waals surface area contributed by atoms with Crippen LogP contribution in [0.25, 0.3) is 0 Å². The highest BCUT2D eigenvalue weighted by atomic mass is 16.5. The van der Waals surface area contributed by atoms with Gasteiger partial charge in [0.15, 0.2) is 0 Å². The molecule has 3 fully saturated rings. The first-order valence-corrected chi connectivity index (χ1v) is 14.1. The molecular formula is C30H49N3O5. The quantitative estimate of drug-likeness (QED) is 0.291. The van der Waals surface area contributed by atoms with E-state index in [1.807, 2.05) is 4.90 Å². The van der Waals surface area contributed by atoms with Gasteiger partial charge in [-0.05, 0) is 57.8 Å². The first kappa shape index (κ1) is 30.4. The molecule has 38 heavy (non-hydrogen) atoms. The number of aliphatic hydroxyl groups excluding tert-OH is 1. The van der Waals surface area contributed by atoms with Crippen molar-refractivity contribution >= 4 is 17.7 Å². The van der Waals surface area contributed by atoms with E-state index < -0.39 is 29.0 Å². The molecule has 3 heterocycles. The molecule has 0 aromatic rings. The van der Waals surface area contributed by atoms with E-state index in [4.69, 9.17) is 4.74 Å². The molecule has 3 aliphatic rings. The van der Waals surface area contributed by atoms with Gasteiger partial charge in [-0.3, -0.25) is 14.4 Å². The Kier molecular flexibility index (Phi) is 9.19. The van der Waals surface area contributed by atoms with Gasteiger partial charge in [-0.25, -0.2) is 0 Å². The van der Waals surface area contributed by atoms with E-state index in [-0.39, 0.29) is 35.8 Å². The molecule has 0 aromatic heterocycles. The molecule has 0 aliphatic carbocycles. The largest absolute Gasteiger partial charge is 0.396 e. The van der Waals surface area contributed by atoms with Gasteiger partial charge in [0.2, 0.25) is 17.7 Å². The van der Waals surface area contributed by atoms with Crippen LogP contribution < -0.4 is 0 Å². The SMILES string of the molecule is C=CCN(C)C(=O)[C@@H]1[C@@H]2CCC3(O2)C(C(=O)N(CC=C)C(C)(C)CC(C)(C)C)N(CCCCCO)C(=O)[C@H]13. The van der Waals surface area contributed by atoms with Crippen molar-refractivity contribution in [3.8, 4) is 0 Å². The van der Waals surface area contributed by atoms with Crippen molar-refractivity contribution in [2.24, 2.45) is 17.3 Å². The predicted molar refractivity (Wildman–Crippen MR) is 148 cm³/mol. The molecule has 0 saturated carbocycles. The van der Waals surface area contributed by atoms with Gasteiger partial charge in [-0.1, -0.05) is 32.9 Å². The first-order chi connectivity index (χ1) is 17.8. The number of carbonyl (C=O) groups excluding carboxylic acids is 3. The molecule has 1 N–H and O–H groups in total. The number of ether oxygens (including phenoxy) is 1. The summed E-state index contributed by atoms with van der Waals surface area (Å²) in [6, 6.07) is -0.791. The van der Waals surface area contributed by atoms with Crippen LogP contribution in [0.2, 0.25) is 0 Å². The van der Waals surface area contributed by atoms with Crippen molar-refractivity contribution in [1.82, 2.24) is 14.7 Å². The maximum atomic E-state index is 14.6. The van der Waals surface area contributed by atoms with Gasteiger partial charge in [-0.15, -0.1) is 13.2 Å². The molecule has 8 heteroatoms. The van der Waals surface area contributed by atoms with Crippen molar-refractivity contribution in [2.75, 3.05) is 33.3 Å². The summed E-state index contributed by atoms with van der Waals surface area (Å²) in [6.07, 6.45) is 7.10. The Balaban J connectivity index is 2.04. The Bertz CT molecular complexity index is 925. The maximum absolute atomic E-state index is 14.6. The van der Waals surface area contributed by atoms with Crippen molar-refractivity contribution < 1.29 is 24.2 Å². The van der Waals surface area contributed by atoms with Crippen molar-refractivity contribution in [3.05, 3.63) is 25.3 Å². The minimum Gasteiger partial charge on any atom is -0.396 e. The Morgan fingerprint density at radius 2 is 1.76 bits per heavy atom. The molecule has 0 radical (unpaired) electrons. The third-order valence-corrected chi connectivity index (χ3v) is 8.43. The normalized spacial score (nSPS) is 28.4. The fraction of sp³-hybridized carbons (Fsp3) is 0.767. The predicted octanol–water partition coefficient (Wildman–Crippen LogP) is 3.40. The molecule has 214 valence electrons. The number of aliphatic hydroxyl groups is 1. The second kappa shape index (κ2) is 11.5. The van der Waals surface area contributed by atoms with Crippen LogP contribution in [-0.2, 0) is 19.1 Å². The fourth-order valence-electron chi connectivity index (χ4n) is 7.37. The molecule has 3 amide bonds. The van der Waals surface area contributed by atoms with E-state index in [1.54, 1.807) is 29.0 Å². The molecule has 3 saturated heterocycles. The highest BCUT2D eigenvalue weighted by Crippen LogP contribution is 2.59. The van der Waals surface area contributed by atoms with E-state index in [1.165, 1.54) is 0 Å². The Morgan fingerprint density at radius 1 is 1.11 bits per heavy atom. The van der Waals surface area contributed by atoms with Crippen LogP contribution in [0.15, 0.2) is 25.3 Å². The summed E-state index contributed by atoms with van der Waals surface area (Å²) in [6.45, 7) is 19.5. The van der Waals surface area contributed by atoms with Crippen LogP contribution >= 0.6 is 0 Å². The number of amides is 3. The van der Waals surface area contributed by atoms with Gasteiger partial charge < -0.3 is 24.5 Å². The third kappa shape index (κ3) is 5.57. The summed E-state index contributed by atoms with van der Waals surface area (Å²) in [5.41, 5.74) is -1.52. The van der Waals surface area contributed by atoms with Gasteiger partial charge in [0.05, 0.1) is 17.9 Å². The van der Waals surface area contributed by atoms with E-state index in [0.29, 0.717) is 45.3 Å². The lowest BCUT2D eigenvalue weighted by Gasteiger charge is -2.45. The van der Waals surface area contributed by atoms with Gasteiger partial charge in [0.1, 0.15) is 11.6 Å². The molecule has 2 unspecified atom stereocenters. The summed E-state index contributed by atoms with van der Waals surface area (Å²) < 4.78 is 6.60. The number of rotatable bonds is 13. The third-order valence-electron chi connectivity index (χ3n) is 8.43. The van der Waals surface area contributed by atoms with Crippen molar-refractivity contribution in [2.45, 2.75) is 96.4 Å². The van der Waals surface area contributed by atoms with Crippen LogP contribution in [0.4, 0.5) is 0 Å². The number of likely N-dealkylation sites (tertiary alicyclic amines) is 1. The van der Waals surface area contributed by atoms with E-state index in [0.717, 1.165) is 12.8 Å². The summed E-state index contributed by atoms with van der Waals surface area (Å²) in [7, 11) is 1.72. The van der Waals surface area contributed by atoms with Crippen LogP contribution in [0.5, 0.6) is 0 Å². The second-order valence-corrected chi connectivity index (χ2v) is 13.2. The highest BCUT2D eigenvalue weighted by molar-refractivity contribution is 5.99. The number of hydrogen-bond donors (Lipinski definition) is 1. The average molecular weight is 532 g/mol. The zero-order chi connectivity index (χ0) is 28.5. The standard InChI is InChI=1S/C30H49N3O5/c1-9-16-31(8)25(35)22-21-14-15-30(38-21)23(22)26(36)32(18-12-11-13-19-34)24(30)27(37)33(17-10-2)29(6,7)20-28(3,4)5/h9-10,21-24,34H,1-2,11-20H2,3-8H3/t21-,22+,23-,24?,30?/m0/s1. The molecule has 3 aliphatic heterocycles. The van der Waals surface area contributed by atoms with E-state index in [2.05, 4.69) is 47.8 Å². The lowest BCUT2D eigenvalue weighted by molar-refractivity contribution is -0.153. The van der Waals surface area contributed by atoms with Crippen LogP contribution in [-0.4, -0.2) is 94.1 Å². The van der Waals surface area contributed by atoms with Gasteiger partial charge in [0.25, 0.3) is 0 Å². The maximum Gasteiger partial charge on any atom is 0.249 e. The monoisotopic (exact) mass is 531 g/mol. The highest BCUT2D eigenvalue weighted by Gasteiger charge is 2.75. The van der Waals surface area contributed by atoms with Crippen LogP contribution in [0.3, 0.4) is 0 Å². The molecule has 2 bridgehead atoms. The van der Waals surface area contributed by atoms with Gasteiger partial charge >= 0.3 is 0 Å². The lowest BCUT2D eigenvalue weighted by Crippen LogP contribution is -2.61. The topological polar surface area (TPSA) is 90.4 Å². The van der Waals surface area contributed by atoms with E-state index in [9.17, 15) is 19.5 Å². The Hall–Kier alpha value is -2.19. The zero-order valence-electron chi connectivity index (χ0n) is 24.4. The zero-order valence-corrected chi connectivity index (χ0v) is 24.4. The number of likely N-dealkylation sites (N-methyl/N-ethyl adjacent to an activating group) is 1. The van der Waals surface area contributed by atoms with Crippen LogP contribution in [0, 0.1) is 17.3 Å². The van der Waals surface area contributed by atoms with E-state index >= 15 is 0 Å². The first-order valence-electron chi connectivity index (χ1n) is 14.1. The molecular weight excluding hydrogens is 482 g/mol. The molecule has 0 aromatic carbocycles. The molecule has 5 atom stereocenters. The van der Waals surface area contributed by atoms with Gasteiger partial charge in [0, 0.05) is 38.8 Å². The van der Waals surface area contributed by atoms with Gasteiger partial charge in [-0.2, -0.15) is 0 Å². The molecule has 3 rings (SSSR count).